The van der Waals surface area contributed by atoms with Crippen molar-refractivity contribution in [3.8, 4) is 16.9 Å². The molecular formula is C28H20ClF3O2. The van der Waals surface area contributed by atoms with Crippen molar-refractivity contribution < 1.29 is 22.7 Å². The molecule has 4 aromatic carbocycles. The van der Waals surface area contributed by atoms with Crippen LogP contribution in [0.3, 0.4) is 0 Å². The van der Waals surface area contributed by atoms with Crippen LogP contribution in [0.15, 0.2) is 84.9 Å². The van der Waals surface area contributed by atoms with Gasteiger partial charge in [0.1, 0.15) is 28.8 Å². The molecule has 34 heavy (non-hydrogen) atoms. The molecule has 0 aliphatic heterocycles. The fourth-order valence-electron chi connectivity index (χ4n) is 3.72. The van der Waals surface area contributed by atoms with Crippen LogP contribution in [-0.4, -0.2) is 5.97 Å². The second-order valence-electron chi connectivity index (χ2n) is 7.99. The normalized spacial score (nSPS) is 11.8. The van der Waals surface area contributed by atoms with Crippen LogP contribution < -0.4 is 4.74 Å². The maximum absolute atomic E-state index is 14.7. The van der Waals surface area contributed by atoms with Crippen LogP contribution in [0.5, 0.6) is 5.75 Å². The van der Waals surface area contributed by atoms with Gasteiger partial charge >= 0.3 is 5.97 Å². The quantitative estimate of drug-likeness (QED) is 0.206. The van der Waals surface area contributed by atoms with Gasteiger partial charge in [0.25, 0.3) is 0 Å². The number of carbonyl (C=O) groups is 1. The molecule has 0 N–H and O–H groups in total. The summed E-state index contributed by atoms with van der Waals surface area (Å²) in [5.41, 5.74) is 2.36. The van der Waals surface area contributed by atoms with Crippen LogP contribution in [0.2, 0.25) is 5.02 Å². The molecule has 0 saturated carbocycles. The van der Waals surface area contributed by atoms with Gasteiger partial charge in [-0.25, -0.2) is 18.0 Å². The lowest BCUT2D eigenvalue weighted by Gasteiger charge is -2.13. The first-order valence-corrected chi connectivity index (χ1v) is 11.0. The topological polar surface area (TPSA) is 26.3 Å². The molecule has 0 saturated heterocycles. The van der Waals surface area contributed by atoms with Gasteiger partial charge in [0.15, 0.2) is 0 Å². The molecular weight excluding hydrogens is 461 g/mol. The molecule has 0 aromatic heterocycles. The fourth-order valence-corrected chi connectivity index (χ4v) is 3.84. The molecule has 6 heteroatoms. The van der Waals surface area contributed by atoms with Crippen molar-refractivity contribution >= 4 is 17.6 Å². The molecule has 4 rings (SSSR count). The maximum Gasteiger partial charge on any atom is 0.349 e. The predicted molar refractivity (Wildman–Crippen MR) is 127 cm³/mol. The smallest absolute Gasteiger partial charge is 0.349 e. The summed E-state index contributed by atoms with van der Waals surface area (Å²) >= 11 is 5.59. The number of hydrogen-bond donors (Lipinski definition) is 0. The Kier molecular flexibility index (Phi) is 7.03. The standard InChI is InChI=1S/C28H20ClF3O2/c1-17(19-5-3-2-4-6-19)13-18-7-9-20(10-8-18)21-14-25(31)27(26(32)15-21)28(33)34-22-11-12-23(29)24(30)16-22/h2-12,14-17H,13H2,1H3/t17-/m1/s1. The number of halogens is 4. The summed E-state index contributed by atoms with van der Waals surface area (Å²) in [5, 5.41) is -0.165. The van der Waals surface area contributed by atoms with Gasteiger partial charge < -0.3 is 4.74 Å². The summed E-state index contributed by atoms with van der Waals surface area (Å²) in [6, 6.07) is 23.0. The molecule has 0 amide bonds. The summed E-state index contributed by atoms with van der Waals surface area (Å²) in [6.45, 7) is 2.14. The Labute approximate surface area is 200 Å². The summed E-state index contributed by atoms with van der Waals surface area (Å²) in [5.74, 6) is -4.12. The molecule has 2 nitrogen and oxygen atoms in total. The van der Waals surface area contributed by atoms with E-state index in [0.717, 1.165) is 30.2 Å². The number of ether oxygens (including phenoxy) is 1. The van der Waals surface area contributed by atoms with Gasteiger partial charge in [-0.3, -0.25) is 0 Å². The molecule has 0 spiro atoms. The van der Waals surface area contributed by atoms with Gasteiger partial charge in [-0.15, -0.1) is 0 Å². The first-order chi connectivity index (χ1) is 16.3. The zero-order chi connectivity index (χ0) is 24.2. The van der Waals surface area contributed by atoms with E-state index in [1.54, 1.807) is 12.1 Å². The number of esters is 1. The van der Waals surface area contributed by atoms with E-state index >= 15 is 0 Å². The van der Waals surface area contributed by atoms with Crippen molar-refractivity contribution in [2.45, 2.75) is 19.3 Å². The third-order valence-electron chi connectivity index (χ3n) is 5.55. The first-order valence-electron chi connectivity index (χ1n) is 10.6. The van der Waals surface area contributed by atoms with Crippen LogP contribution in [0, 0.1) is 17.5 Å². The lowest BCUT2D eigenvalue weighted by molar-refractivity contribution is 0.0724. The zero-order valence-corrected chi connectivity index (χ0v) is 19.0. The predicted octanol–water partition coefficient (Wildman–Crippen LogP) is 7.99. The highest BCUT2D eigenvalue weighted by Crippen LogP contribution is 2.28. The highest BCUT2D eigenvalue weighted by Gasteiger charge is 2.22. The van der Waals surface area contributed by atoms with E-state index in [4.69, 9.17) is 16.3 Å². The monoisotopic (exact) mass is 480 g/mol. The van der Waals surface area contributed by atoms with Crippen molar-refractivity contribution in [2.75, 3.05) is 0 Å². The molecule has 0 aliphatic rings. The minimum absolute atomic E-state index is 0.165. The van der Waals surface area contributed by atoms with Crippen molar-refractivity contribution in [1.82, 2.24) is 0 Å². The Balaban J connectivity index is 1.51. The van der Waals surface area contributed by atoms with E-state index in [2.05, 4.69) is 19.1 Å². The Hall–Kier alpha value is -3.57. The summed E-state index contributed by atoms with van der Waals surface area (Å²) < 4.78 is 47.9. The number of carbonyl (C=O) groups excluding carboxylic acids is 1. The average molecular weight is 481 g/mol. The number of hydrogen-bond acceptors (Lipinski definition) is 2. The second-order valence-corrected chi connectivity index (χ2v) is 8.40. The van der Waals surface area contributed by atoms with Crippen molar-refractivity contribution in [2.24, 2.45) is 0 Å². The van der Waals surface area contributed by atoms with Crippen molar-refractivity contribution in [3.63, 3.8) is 0 Å². The highest BCUT2D eigenvalue weighted by atomic mass is 35.5. The molecule has 0 heterocycles. The molecule has 0 bridgehead atoms. The number of benzene rings is 4. The minimum Gasteiger partial charge on any atom is -0.423 e. The van der Waals surface area contributed by atoms with Crippen molar-refractivity contribution in [3.05, 3.63) is 124 Å². The van der Waals surface area contributed by atoms with Crippen LogP contribution in [0.4, 0.5) is 13.2 Å². The number of rotatable bonds is 6. The van der Waals surface area contributed by atoms with Crippen LogP contribution >= 0.6 is 11.6 Å². The molecule has 4 aromatic rings. The zero-order valence-electron chi connectivity index (χ0n) is 18.2. The molecule has 0 fully saturated rings. The summed E-state index contributed by atoms with van der Waals surface area (Å²) in [6.07, 6.45) is 0.823. The summed E-state index contributed by atoms with van der Waals surface area (Å²) in [7, 11) is 0. The maximum atomic E-state index is 14.7. The average Bonchev–Trinajstić information content (AvgIpc) is 2.82. The van der Waals surface area contributed by atoms with Crippen LogP contribution in [0.25, 0.3) is 11.1 Å². The second kappa shape index (κ2) is 10.1. The Morgan fingerprint density at radius 2 is 1.47 bits per heavy atom. The minimum atomic E-state index is -1.27. The highest BCUT2D eigenvalue weighted by molar-refractivity contribution is 6.30. The van der Waals surface area contributed by atoms with Gasteiger partial charge in [-0.05, 0) is 58.9 Å². The molecule has 0 unspecified atom stereocenters. The van der Waals surface area contributed by atoms with E-state index in [9.17, 15) is 18.0 Å². The Morgan fingerprint density at radius 3 is 2.09 bits per heavy atom. The van der Waals surface area contributed by atoms with E-state index in [1.165, 1.54) is 17.7 Å². The van der Waals surface area contributed by atoms with Gasteiger partial charge in [0, 0.05) is 6.07 Å². The lowest BCUT2D eigenvalue weighted by Crippen LogP contribution is -2.13. The third-order valence-corrected chi connectivity index (χ3v) is 5.85. The van der Waals surface area contributed by atoms with E-state index in [1.807, 2.05) is 30.3 Å². The Morgan fingerprint density at radius 1 is 0.824 bits per heavy atom. The lowest BCUT2D eigenvalue weighted by atomic mass is 9.93. The van der Waals surface area contributed by atoms with Crippen molar-refractivity contribution in [1.29, 1.82) is 0 Å². The fraction of sp³-hybridized carbons (Fsp3) is 0.107. The van der Waals surface area contributed by atoms with Crippen LogP contribution in [-0.2, 0) is 6.42 Å². The third kappa shape index (κ3) is 5.32. The molecule has 172 valence electrons. The van der Waals surface area contributed by atoms with Crippen LogP contribution in [0.1, 0.15) is 34.3 Å². The van der Waals surface area contributed by atoms with E-state index < -0.39 is 29.0 Å². The Bertz CT molecular complexity index is 1300. The van der Waals surface area contributed by atoms with Gasteiger partial charge in [0.05, 0.1) is 5.02 Å². The SMILES string of the molecule is C[C@H](Cc1ccc(-c2cc(F)c(C(=O)Oc3ccc(Cl)c(F)c3)c(F)c2)cc1)c1ccccc1. The van der Waals surface area contributed by atoms with Gasteiger partial charge in [0.2, 0.25) is 0 Å². The summed E-state index contributed by atoms with van der Waals surface area (Å²) in [4.78, 5) is 12.3. The first kappa shape index (κ1) is 23.6. The van der Waals surface area contributed by atoms with Gasteiger partial charge in [-0.2, -0.15) is 0 Å². The largest absolute Gasteiger partial charge is 0.423 e. The molecule has 0 radical (unpaired) electrons. The van der Waals surface area contributed by atoms with E-state index in [0.29, 0.717) is 11.5 Å². The molecule has 1 atom stereocenters. The van der Waals surface area contributed by atoms with Gasteiger partial charge in [-0.1, -0.05) is 73.1 Å². The van der Waals surface area contributed by atoms with E-state index in [-0.39, 0.29) is 16.3 Å². The molecule has 0 aliphatic carbocycles.